The zero-order chi connectivity index (χ0) is 23.4. The van der Waals surface area contributed by atoms with Crippen LogP contribution >= 0.6 is 0 Å². The van der Waals surface area contributed by atoms with Gasteiger partial charge in [0.05, 0.1) is 6.54 Å². The third kappa shape index (κ3) is 5.17. The van der Waals surface area contributed by atoms with Crippen molar-refractivity contribution in [2.24, 2.45) is 4.99 Å². The van der Waals surface area contributed by atoms with E-state index in [9.17, 15) is 9.59 Å². The van der Waals surface area contributed by atoms with Crippen molar-refractivity contribution in [2.75, 3.05) is 53.4 Å². The van der Waals surface area contributed by atoms with Crippen molar-refractivity contribution in [2.45, 2.75) is 45.2 Å². The first-order chi connectivity index (χ1) is 16.0. The van der Waals surface area contributed by atoms with Crippen LogP contribution in [0.5, 0.6) is 0 Å². The molecule has 1 atom stereocenters. The molecular formula is C25H37N6O2+. The van der Waals surface area contributed by atoms with Crippen LogP contribution in [0.15, 0.2) is 35.3 Å². The molecule has 0 N–H and O–H groups in total. The lowest BCUT2D eigenvalue weighted by atomic mass is 10.1. The third-order valence-corrected chi connectivity index (χ3v) is 6.94. The average molecular weight is 454 g/mol. The van der Waals surface area contributed by atoms with E-state index < -0.39 is 6.04 Å². The second-order valence-corrected chi connectivity index (χ2v) is 9.32. The molecule has 0 spiro atoms. The van der Waals surface area contributed by atoms with Gasteiger partial charge in [0.25, 0.3) is 17.8 Å². The Morgan fingerprint density at radius 2 is 1.58 bits per heavy atom. The van der Waals surface area contributed by atoms with E-state index in [0.29, 0.717) is 12.4 Å². The maximum absolute atomic E-state index is 13.0. The number of benzene rings is 1. The van der Waals surface area contributed by atoms with Crippen molar-refractivity contribution in [3.63, 3.8) is 0 Å². The van der Waals surface area contributed by atoms with Gasteiger partial charge in [0.2, 0.25) is 0 Å². The Morgan fingerprint density at radius 1 is 0.909 bits per heavy atom. The highest BCUT2D eigenvalue weighted by Gasteiger charge is 2.52. The molecule has 1 aromatic rings. The number of likely N-dealkylation sites (N-methyl/N-ethyl adjacent to an activating group) is 2. The molecule has 3 amide bonds. The van der Waals surface area contributed by atoms with Gasteiger partial charge in [0.1, 0.15) is 6.54 Å². The number of carbonyl (C=O) groups excluding carboxylic acids is 2. The molecule has 3 heterocycles. The molecule has 3 aliphatic heterocycles. The smallest absolute Gasteiger partial charge is 0.297 e. The fourth-order valence-electron chi connectivity index (χ4n) is 4.89. The summed E-state index contributed by atoms with van der Waals surface area (Å²) in [7, 11) is 3.29. The normalized spacial score (nSPS) is 22.3. The van der Waals surface area contributed by atoms with Crippen LogP contribution in [0.3, 0.4) is 0 Å². The number of hydrogen-bond acceptors (Lipinski definition) is 5. The molecule has 2 saturated heterocycles. The minimum Gasteiger partial charge on any atom is -0.297 e. The number of nitrogens with zero attached hydrogens (tertiary/aromatic N) is 6. The number of carbonyl (C=O) groups is 2. The summed E-state index contributed by atoms with van der Waals surface area (Å²) in [6.07, 6.45) is 4.53. The Kier molecular flexibility index (Phi) is 7.55. The standard InChI is InChI=1S/C25H37N6O2/c1-4-5-6-10-13-31-21(26-23-22(31)24(32)28(3)25(33)27(23)2)19-30-16-14-29(15-17-30)18-20-11-8-7-9-12-20/h7-9,11-12,22H,4-6,10,13-19H2,1-3H3/q+1. The Morgan fingerprint density at radius 3 is 2.24 bits per heavy atom. The van der Waals surface area contributed by atoms with Gasteiger partial charge in [-0.05, 0) is 23.4 Å². The van der Waals surface area contributed by atoms with Gasteiger partial charge in [0, 0.05) is 46.8 Å². The number of aliphatic imine (C=N–C) groups is 1. The fraction of sp³-hybridized carbons (Fsp3) is 0.600. The van der Waals surface area contributed by atoms with Crippen LogP contribution < -0.4 is 0 Å². The molecule has 2 fully saturated rings. The summed E-state index contributed by atoms with van der Waals surface area (Å²) in [6.45, 7) is 8.65. The number of imide groups is 1. The van der Waals surface area contributed by atoms with E-state index in [2.05, 4.69) is 51.6 Å². The van der Waals surface area contributed by atoms with Crippen LogP contribution in [0, 0.1) is 0 Å². The van der Waals surface area contributed by atoms with Gasteiger partial charge in [-0.25, -0.2) is 9.37 Å². The average Bonchev–Trinajstić information content (AvgIpc) is 3.19. The van der Waals surface area contributed by atoms with Gasteiger partial charge in [-0.1, -0.05) is 50.1 Å². The molecule has 1 aromatic carbocycles. The fourth-order valence-corrected chi connectivity index (χ4v) is 4.89. The summed E-state index contributed by atoms with van der Waals surface area (Å²) >= 11 is 0. The van der Waals surface area contributed by atoms with Gasteiger partial charge in [-0.2, -0.15) is 0 Å². The number of hydrogen-bond donors (Lipinski definition) is 0. The predicted molar refractivity (Wildman–Crippen MR) is 130 cm³/mol. The molecule has 8 heteroatoms. The minimum absolute atomic E-state index is 0.171. The minimum atomic E-state index is -0.478. The van der Waals surface area contributed by atoms with Crippen molar-refractivity contribution in [3.05, 3.63) is 35.9 Å². The van der Waals surface area contributed by atoms with Crippen LogP contribution in [-0.4, -0.2) is 107 Å². The van der Waals surface area contributed by atoms with E-state index >= 15 is 0 Å². The number of amidine groups is 2. The van der Waals surface area contributed by atoms with Gasteiger partial charge in [-0.15, -0.1) is 0 Å². The van der Waals surface area contributed by atoms with Crippen molar-refractivity contribution >= 4 is 23.6 Å². The van der Waals surface area contributed by atoms with E-state index in [-0.39, 0.29) is 11.9 Å². The lowest BCUT2D eigenvalue weighted by Crippen LogP contribution is -2.61. The molecular weight excluding hydrogens is 416 g/mol. The van der Waals surface area contributed by atoms with Gasteiger partial charge in [-0.3, -0.25) is 24.4 Å². The first-order valence-electron chi connectivity index (χ1n) is 12.2. The quantitative estimate of drug-likeness (QED) is 0.424. The molecule has 4 rings (SSSR count). The largest absolute Gasteiger partial charge is 0.333 e. The van der Waals surface area contributed by atoms with Crippen LogP contribution in [0.1, 0.15) is 38.2 Å². The van der Waals surface area contributed by atoms with Crippen molar-refractivity contribution in [3.8, 4) is 0 Å². The van der Waals surface area contributed by atoms with E-state index in [1.807, 2.05) is 0 Å². The molecule has 0 aliphatic carbocycles. The van der Waals surface area contributed by atoms with E-state index in [0.717, 1.165) is 57.9 Å². The number of amides is 3. The predicted octanol–water partition coefficient (Wildman–Crippen LogP) is 2.10. The van der Waals surface area contributed by atoms with Gasteiger partial charge >= 0.3 is 11.9 Å². The maximum Gasteiger partial charge on any atom is 0.333 e. The molecule has 0 radical (unpaired) electrons. The third-order valence-electron chi connectivity index (χ3n) is 6.94. The SMILES string of the molecule is CCCCCC[N+]1=C(CN2CCN(Cc3ccccc3)CC2)N=C2C1C(=O)N(C)C(=O)N2C. The molecule has 0 bridgehead atoms. The van der Waals surface area contributed by atoms with Crippen LogP contribution in [0.25, 0.3) is 0 Å². The number of urea groups is 1. The first-order valence-corrected chi connectivity index (χ1v) is 12.2. The number of unbranched alkanes of at least 4 members (excludes halogenated alkanes) is 3. The van der Waals surface area contributed by atoms with Gasteiger partial charge in [0.15, 0.2) is 0 Å². The van der Waals surface area contributed by atoms with Gasteiger partial charge < -0.3 is 0 Å². The summed E-state index contributed by atoms with van der Waals surface area (Å²) in [5.41, 5.74) is 1.35. The maximum atomic E-state index is 13.0. The zero-order valence-electron chi connectivity index (χ0n) is 20.2. The van der Waals surface area contributed by atoms with Crippen LogP contribution in [0.2, 0.25) is 0 Å². The summed E-state index contributed by atoms with van der Waals surface area (Å²) < 4.78 is 2.16. The highest BCUT2D eigenvalue weighted by atomic mass is 16.2. The molecule has 3 aliphatic rings. The molecule has 1 unspecified atom stereocenters. The number of piperazine rings is 1. The van der Waals surface area contributed by atoms with Crippen LogP contribution in [0.4, 0.5) is 4.79 Å². The molecule has 0 saturated carbocycles. The summed E-state index contributed by atoms with van der Waals surface area (Å²) in [5, 5.41) is 0. The first kappa shape index (κ1) is 23.6. The Bertz CT molecular complexity index is 920. The second kappa shape index (κ2) is 10.6. The second-order valence-electron chi connectivity index (χ2n) is 9.32. The molecule has 33 heavy (non-hydrogen) atoms. The summed E-state index contributed by atoms with van der Waals surface area (Å²) in [5.74, 6) is 1.33. The topological polar surface area (TPSA) is 62.5 Å². The highest BCUT2D eigenvalue weighted by molar-refractivity contribution is 6.23. The number of rotatable bonds is 9. The van der Waals surface area contributed by atoms with Crippen molar-refractivity contribution in [1.82, 2.24) is 19.6 Å². The van der Waals surface area contributed by atoms with E-state index in [1.165, 1.54) is 28.2 Å². The van der Waals surface area contributed by atoms with Crippen LogP contribution in [-0.2, 0) is 11.3 Å². The zero-order valence-corrected chi connectivity index (χ0v) is 20.2. The molecule has 178 valence electrons. The summed E-state index contributed by atoms with van der Waals surface area (Å²) in [4.78, 5) is 38.0. The lowest BCUT2D eigenvalue weighted by molar-refractivity contribution is -0.537. The Labute approximate surface area is 197 Å². The van der Waals surface area contributed by atoms with Crippen molar-refractivity contribution in [1.29, 1.82) is 0 Å². The van der Waals surface area contributed by atoms with E-state index in [1.54, 1.807) is 14.1 Å². The molecule has 0 aromatic heterocycles. The highest BCUT2D eigenvalue weighted by Crippen LogP contribution is 2.20. The lowest BCUT2D eigenvalue weighted by Gasteiger charge is -2.34. The Balaban J connectivity index is 1.44. The molecule has 8 nitrogen and oxygen atoms in total. The van der Waals surface area contributed by atoms with Crippen molar-refractivity contribution < 1.29 is 14.2 Å². The van der Waals surface area contributed by atoms with E-state index in [4.69, 9.17) is 4.99 Å². The monoisotopic (exact) mass is 453 g/mol. The number of fused-ring (bicyclic) bond motifs is 1. The Hall–Kier alpha value is -2.58. The summed E-state index contributed by atoms with van der Waals surface area (Å²) in [6, 6.07) is 9.82.